The van der Waals surface area contributed by atoms with Gasteiger partial charge in [-0.1, -0.05) is 50.9 Å². The number of hydrogen-bond acceptors (Lipinski definition) is 3. The molecule has 0 aliphatic rings. The third-order valence-electron chi connectivity index (χ3n) is 3.28. The van der Waals surface area contributed by atoms with Crippen molar-refractivity contribution in [3.8, 4) is 22.6 Å². The first-order chi connectivity index (χ1) is 11.6. The molecule has 0 aliphatic carbocycles. The lowest BCUT2D eigenvalue weighted by Crippen LogP contribution is -2.12. The van der Waals surface area contributed by atoms with Crippen LogP contribution in [0.4, 0.5) is 5.69 Å². The number of amides is 1. The van der Waals surface area contributed by atoms with Gasteiger partial charge in [-0.2, -0.15) is 0 Å². The van der Waals surface area contributed by atoms with Crippen molar-refractivity contribution in [1.82, 2.24) is 5.16 Å². The summed E-state index contributed by atoms with van der Waals surface area (Å²) < 4.78 is 6.26. The van der Waals surface area contributed by atoms with Gasteiger partial charge in [0.15, 0.2) is 5.76 Å². The van der Waals surface area contributed by atoms with Gasteiger partial charge in [0.1, 0.15) is 11.6 Å². The SMILES string of the molecule is O=C(CCl)Nc1cccc(-c2cc(-c3c(Cl)cccc3Br)no2)c1. The monoisotopic (exact) mass is 424 g/mol. The molecule has 0 saturated heterocycles. The number of rotatable bonds is 4. The minimum absolute atomic E-state index is 0.1000. The molecule has 0 radical (unpaired) electrons. The fourth-order valence-corrected chi connectivity index (χ4v) is 3.24. The quantitative estimate of drug-likeness (QED) is 0.553. The number of aromatic nitrogens is 1. The largest absolute Gasteiger partial charge is 0.356 e. The molecule has 24 heavy (non-hydrogen) atoms. The number of benzene rings is 2. The van der Waals surface area contributed by atoms with Crippen molar-refractivity contribution in [2.75, 3.05) is 11.2 Å². The second-order valence-electron chi connectivity index (χ2n) is 4.94. The minimum atomic E-state index is -0.271. The fourth-order valence-electron chi connectivity index (χ4n) is 2.22. The molecular weight excluding hydrogens is 415 g/mol. The van der Waals surface area contributed by atoms with E-state index < -0.39 is 0 Å². The van der Waals surface area contributed by atoms with E-state index in [9.17, 15) is 4.79 Å². The highest BCUT2D eigenvalue weighted by Gasteiger charge is 2.14. The van der Waals surface area contributed by atoms with E-state index in [4.69, 9.17) is 27.7 Å². The molecule has 1 N–H and O–H groups in total. The molecule has 1 aromatic heterocycles. The van der Waals surface area contributed by atoms with Crippen LogP contribution >= 0.6 is 39.1 Å². The Hall–Kier alpha value is -1.82. The Balaban J connectivity index is 1.94. The molecule has 1 heterocycles. The van der Waals surface area contributed by atoms with Crippen LogP contribution in [-0.4, -0.2) is 16.9 Å². The summed E-state index contributed by atoms with van der Waals surface area (Å²) in [6.45, 7) is 0. The van der Waals surface area contributed by atoms with Gasteiger partial charge in [-0.05, 0) is 24.3 Å². The molecule has 0 atom stereocenters. The molecule has 0 unspecified atom stereocenters. The Kier molecular flexibility index (Phi) is 5.23. The highest BCUT2D eigenvalue weighted by Crippen LogP contribution is 2.36. The van der Waals surface area contributed by atoms with Crippen molar-refractivity contribution in [2.24, 2.45) is 0 Å². The van der Waals surface area contributed by atoms with Crippen molar-refractivity contribution in [1.29, 1.82) is 0 Å². The maximum Gasteiger partial charge on any atom is 0.239 e. The van der Waals surface area contributed by atoms with Gasteiger partial charge < -0.3 is 9.84 Å². The van der Waals surface area contributed by atoms with E-state index >= 15 is 0 Å². The van der Waals surface area contributed by atoms with Gasteiger partial charge >= 0.3 is 0 Å². The Labute approximate surface area is 156 Å². The zero-order valence-electron chi connectivity index (χ0n) is 12.2. The summed E-state index contributed by atoms with van der Waals surface area (Å²) in [6.07, 6.45) is 0. The van der Waals surface area contributed by atoms with Crippen LogP contribution < -0.4 is 5.32 Å². The van der Waals surface area contributed by atoms with Crippen LogP contribution in [-0.2, 0) is 4.79 Å². The number of anilines is 1. The van der Waals surface area contributed by atoms with Crippen molar-refractivity contribution in [3.63, 3.8) is 0 Å². The second kappa shape index (κ2) is 7.38. The minimum Gasteiger partial charge on any atom is -0.356 e. The molecule has 3 rings (SSSR count). The van der Waals surface area contributed by atoms with E-state index in [1.54, 1.807) is 24.3 Å². The second-order valence-corrected chi connectivity index (χ2v) is 6.46. The van der Waals surface area contributed by atoms with E-state index in [0.29, 0.717) is 22.2 Å². The first-order valence-corrected chi connectivity index (χ1v) is 8.66. The lowest BCUT2D eigenvalue weighted by molar-refractivity contribution is -0.113. The number of halogens is 3. The molecule has 0 fully saturated rings. The van der Waals surface area contributed by atoms with Crippen molar-refractivity contribution in [3.05, 3.63) is 58.0 Å². The van der Waals surface area contributed by atoms with Crippen LogP contribution in [0.15, 0.2) is 57.5 Å². The average Bonchev–Trinajstić information content (AvgIpc) is 3.04. The summed E-state index contributed by atoms with van der Waals surface area (Å²) in [6, 6.07) is 14.6. The van der Waals surface area contributed by atoms with Crippen molar-refractivity contribution < 1.29 is 9.32 Å². The smallest absolute Gasteiger partial charge is 0.239 e. The average molecular weight is 426 g/mol. The van der Waals surface area contributed by atoms with Crippen molar-refractivity contribution >= 4 is 50.7 Å². The number of nitrogens with one attached hydrogen (secondary N) is 1. The lowest BCUT2D eigenvalue weighted by Gasteiger charge is -2.04. The first-order valence-electron chi connectivity index (χ1n) is 6.96. The molecule has 0 bridgehead atoms. The Morgan fingerprint density at radius 1 is 1.21 bits per heavy atom. The van der Waals surface area contributed by atoms with Crippen LogP contribution in [0.25, 0.3) is 22.6 Å². The van der Waals surface area contributed by atoms with E-state index in [0.717, 1.165) is 15.6 Å². The number of nitrogens with zero attached hydrogens (tertiary/aromatic N) is 1. The molecular formula is C17H11BrCl2N2O2. The van der Waals surface area contributed by atoms with Crippen molar-refractivity contribution in [2.45, 2.75) is 0 Å². The van der Waals surface area contributed by atoms with Gasteiger partial charge in [0.05, 0.1) is 5.02 Å². The molecule has 7 heteroatoms. The maximum atomic E-state index is 11.4. The molecule has 0 spiro atoms. The normalized spacial score (nSPS) is 10.6. The van der Waals surface area contributed by atoms with Crippen LogP contribution in [0.2, 0.25) is 5.02 Å². The molecule has 1 amide bonds. The number of hydrogen-bond donors (Lipinski definition) is 1. The maximum absolute atomic E-state index is 11.4. The molecule has 122 valence electrons. The molecule has 4 nitrogen and oxygen atoms in total. The molecule has 0 aliphatic heterocycles. The van der Waals surface area contributed by atoms with E-state index in [2.05, 4.69) is 26.4 Å². The Morgan fingerprint density at radius 2 is 2.00 bits per heavy atom. The predicted molar refractivity (Wildman–Crippen MR) is 99.4 cm³/mol. The predicted octanol–water partition coefficient (Wildman–Crippen LogP) is 5.60. The van der Waals surface area contributed by atoms with Crippen LogP contribution in [0, 0.1) is 0 Å². The molecule has 2 aromatic carbocycles. The summed E-state index contributed by atoms with van der Waals surface area (Å²) in [5.41, 5.74) is 2.80. The van der Waals surface area contributed by atoms with Gasteiger partial charge in [-0.15, -0.1) is 11.6 Å². The fraction of sp³-hybridized carbons (Fsp3) is 0.0588. The number of alkyl halides is 1. The van der Waals surface area contributed by atoms with Gasteiger partial charge in [-0.25, -0.2) is 0 Å². The summed E-state index contributed by atoms with van der Waals surface area (Å²) in [4.78, 5) is 11.4. The van der Waals surface area contributed by atoms with Gasteiger partial charge in [-0.3, -0.25) is 4.79 Å². The van der Waals surface area contributed by atoms with Gasteiger partial charge in [0, 0.05) is 27.4 Å². The Morgan fingerprint density at radius 3 is 2.75 bits per heavy atom. The third kappa shape index (κ3) is 3.64. The summed E-state index contributed by atoms with van der Waals surface area (Å²) in [5, 5.41) is 7.37. The van der Waals surface area contributed by atoms with Gasteiger partial charge in [0.25, 0.3) is 0 Å². The van der Waals surface area contributed by atoms with Crippen LogP contribution in [0.3, 0.4) is 0 Å². The van der Waals surface area contributed by atoms with E-state index in [1.165, 1.54) is 0 Å². The van der Waals surface area contributed by atoms with E-state index in [1.807, 2.05) is 24.3 Å². The van der Waals surface area contributed by atoms with Crippen LogP contribution in [0.5, 0.6) is 0 Å². The van der Waals surface area contributed by atoms with Crippen LogP contribution in [0.1, 0.15) is 0 Å². The first kappa shape index (κ1) is 17.0. The third-order valence-corrected chi connectivity index (χ3v) is 4.50. The summed E-state index contributed by atoms with van der Waals surface area (Å²) >= 11 is 15.2. The van der Waals surface area contributed by atoms with Gasteiger partial charge in [0.2, 0.25) is 5.91 Å². The highest BCUT2D eigenvalue weighted by atomic mass is 79.9. The lowest BCUT2D eigenvalue weighted by atomic mass is 10.1. The molecule has 3 aromatic rings. The Bertz CT molecular complexity index is 876. The standard InChI is InChI=1S/C17H11BrCl2N2O2/c18-12-5-2-6-13(20)17(12)14-8-15(24-22-14)10-3-1-4-11(7-10)21-16(23)9-19/h1-8H,9H2,(H,21,23). The summed E-state index contributed by atoms with van der Waals surface area (Å²) in [7, 11) is 0. The zero-order chi connectivity index (χ0) is 17.1. The zero-order valence-corrected chi connectivity index (χ0v) is 15.3. The topological polar surface area (TPSA) is 55.1 Å². The molecule has 0 saturated carbocycles. The number of carbonyl (C=O) groups is 1. The highest BCUT2D eigenvalue weighted by molar-refractivity contribution is 9.10. The summed E-state index contributed by atoms with van der Waals surface area (Å²) in [5.74, 6) is 0.197. The number of carbonyl (C=O) groups excluding carboxylic acids is 1. The van der Waals surface area contributed by atoms with E-state index in [-0.39, 0.29) is 11.8 Å².